The Hall–Kier alpha value is -0.650. The highest BCUT2D eigenvalue weighted by Gasteiger charge is 2.33. The van der Waals surface area contributed by atoms with Crippen LogP contribution in [0.2, 0.25) is 0 Å². The molecular formula is C13H25N3O2. The molecule has 0 aromatic heterocycles. The number of piperazine rings is 1. The minimum Gasteiger partial charge on any atom is -0.372 e. The second kappa shape index (κ2) is 5.55. The summed E-state index contributed by atoms with van der Waals surface area (Å²) in [5.74, 6) is 0.244. The van der Waals surface area contributed by atoms with Gasteiger partial charge in [-0.15, -0.1) is 0 Å². The molecule has 1 atom stereocenters. The van der Waals surface area contributed by atoms with E-state index in [0.29, 0.717) is 13.2 Å². The molecule has 2 saturated heterocycles. The quantitative estimate of drug-likeness (QED) is 0.749. The van der Waals surface area contributed by atoms with Crippen LogP contribution in [-0.2, 0) is 9.53 Å². The molecule has 0 bridgehead atoms. The lowest BCUT2D eigenvalue weighted by atomic mass is 10.1. The monoisotopic (exact) mass is 255 g/mol. The minimum absolute atomic E-state index is 0.0130. The Morgan fingerprint density at radius 1 is 1.28 bits per heavy atom. The first-order valence-corrected chi connectivity index (χ1v) is 6.87. The van der Waals surface area contributed by atoms with Gasteiger partial charge in [0, 0.05) is 39.3 Å². The van der Waals surface area contributed by atoms with Crippen LogP contribution in [0.3, 0.4) is 0 Å². The number of nitrogens with zero attached hydrogens (tertiary/aromatic N) is 2. The molecule has 0 aliphatic carbocycles. The van der Waals surface area contributed by atoms with Gasteiger partial charge in [-0.05, 0) is 20.8 Å². The molecule has 2 heterocycles. The maximum absolute atomic E-state index is 12.5. The second-order valence-corrected chi connectivity index (χ2v) is 5.83. The van der Waals surface area contributed by atoms with E-state index in [9.17, 15) is 4.79 Å². The Labute approximate surface area is 109 Å². The molecule has 5 heteroatoms. The van der Waals surface area contributed by atoms with Crippen molar-refractivity contribution in [2.45, 2.75) is 32.4 Å². The summed E-state index contributed by atoms with van der Waals surface area (Å²) in [6.07, 6.45) is 0. The summed E-state index contributed by atoms with van der Waals surface area (Å²) < 4.78 is 5.65. The lowest BCUT2D eigenvalue weighted by molar-refractivity contribution is -0.151. The molecule has 1 amide bonds. The van der Waals surface area contributed by atoms with Gasteiger partial charge in [0.25, 0.3) is 0 Å². The van der Waals surface area contributed by atoms with Crippen molar-refractivity contribution in [2.75, 3.05) is 45.9 Å². The van der Waals surface area contributed by atoms with Gasteiger partial charge in [0.1, 0.15) is 0 Å². The Morgan fingerprint density at radius 2 is 1.94 bits per heavy atom. The van der Waals surface area contributed by atoms with Crippen molar-refractivity contribution in [3.8, 4) is 0 Å². The van der Waals surface area contributed by atoms with E-state index in [4.69, 9.17) is 4.74 Å². The van der Waals surface area contributed by atoms with Crippen molar-refractivity contribution in [3.63, 3.8) is 0 Å². The Morgan fingerprint density at radius 3 is 2.56 bits per heavy atom. The van der Waals surface area contributed by atoms with E-state index in [2.05, 4.69) is 10.2 Å². The number of hydrogen-bond acceptors (Lipinski definition) is 4. The highest BCUT2D eigenvalue weighted by molar-refractivity contribution is 5.81. The molecular weight excluding hydrogens is 230 g/mol. The van der Waals surface area contributed by atoms with E-state index in [1.54, 1.807) is 0 Å². The zero-order valence-electron chi connectivity index (χ0n) is 11.7. The summed E-state index contributed by atoms with van der Waals surface area (Å²) in [5.41, 5.74) is -0.211. The highest BCUT2D eigenvalue weighted by Crippen LogP contribution is 2.18. The van der Waals surface area contributed by atoms with E-state index in [1.165, 1.54) is 0 Å². The van der Waals surface area contributed by atoms with Gasteiger partial charge < -0.3 is 15.0 Å². The normalized spacial score (nSPS) is 26.9. The van der Waals surface area contributed by atoms with Gasteiger partial charge in [-0.1, -0.05) is 0 Å². The molecule has 18 heavy (non-hydrogen) atoms. The minimum atomic E-state index is -0.211. The van der Waals surface area contributed by atoms with Crippen molar-refractivity contribution in [1.29, 1.82) is 0 Å². The maximum atomic E-state index is 12.5. The van der Waals surface area contributed by atoms with Gasteiger partial charge in [0.05, 0.1) is 18.2 Å². The average Bonchev–Trinajstić information content (AvgIpc) is 2.37. The molecule has 1 N–H and O–H groups in total. The largest absolute Gasteiger partial charge is 0.372 e. The third-order valence-electron chi connectivity index (χ3n) is 3.79. The van der Waals surface area contributed by atoms with Crippen LogP contribution in [0.5, 0.6) is 0 Å². The number of morpholine rings is 1. The van der Waals surface area contributed by atoms with Crippen LogP contribution in [0.1, 0.15) is 20.8 Å². The first-order valence-electron chi connectivity index (χ1n) is 6.87. The van der Waals surface area contributed by atoms with Crippen LogP contribution < -0.4 is 5.32 Å². The Kier molecular flexibility index (Phi) is 4.25. The average molecular weight is 255 g/mol. The summed E-state index contributed by atoms with van der Waals surface area (Å²) >= 11 is 0. The SMILES string of the molecule is CC(C(=O)N1CCOC(C)(C)C1)N1CCNCC1. The number of carbonyl (C=O) groups excluding carboxylic acids is 1. The molecule has 0 spiro atoms. The highest BCUT2D eigenvalue weighted by atomic mass is 16.5. The maximum Gasteiger partial charge on any atom is 0.239 e. The van der Waals surface area contributed by atoms with E-state index in [-0.39, 0.29) is 17.6 Å². The fourth-order valence-electron chi connectivity index (χ4n) is 2.69. The zero-order chi connectivity index (χ0) is 13.2. The van der Waals surface area contributed by atoms with E-state index >= 15 is 0 Å². The molecule has 2 aliphatic heterocycles. The molecule has 5 nitrogen and oxygen atoms in total. The van der Waals surface area contributed by atoms with Crippen molar-refractivity contribution in [2.24, 2.45) is 0 Å². The molecule has 0 aromatic carbocycles. The lowest BCUT2D eigenvalue weighted by Gasteiger charge is -2.41. The molecule has 1 unspecified atom stereocenters. The summed E-state index contributed by atoms with van der Waals surface area (Å²) in [7, 11) is 0. The molecule has 2 aliphatic rings. The Bertz CT molecular complexity index is 301. The van der Waals surface area contributed by atoms with Crippen LogP contribution in [0.25, 0.3) is 0 Å². The predicted octanol–water partition coefficient (Wildman–Crippen LogP) is -0.0825. The fraction of sp³-hybridized carbons (Fsp3) is 0.923. The molecule has 0 saturated carbocycles. The molecule has 2 rings (SSSR count). The Balaban J connectivity index is 1.93. The molecule has 2 fully saturated rings. The van der Waals surface area contributed by atoms with Gasteiger partial charge in [-0.3, -0.25) is 9.69 Å². The molecule has 0 aromatic rings. The molecule has 104 valence electrons. The van der Waals surface area contributed by atoms with Crippen LogP contribution in [0.4, 0.5) is 0 Å². The number of ether oxygens (including phenoxy) is 1. The third kappa shape index (κ3) is 3.22. The van der Waals surface area contributed by atoms with Gasteiger partial charge in [-0.25, -0.2) is 0 Å². The first kappa shape index (κ1) is 13.8. The summed E-state index contributed by atoms with van der Waals surface area (Å²) in [4.78, 5) is 16.7. The van der Waals surface area contributed by atoms with Crippen molar-refractivity contribution >= 4 is 5.91 Å². The number of rotatable bonds is 2. The van der Waals surface area contributed by atoms with Gasteiger partial charge in [0.2, 0.25) is 5.91 Å². The zero-order valence-corrected chi connectivity index (χ0v) is 11.7. The summed E-state index contributed by atoms with van der Waals surface area (Å²) in [6, 6.07) is -0.0130. The lowest BCUT2D eigenvalue weighted by Crippen LogP contribution is -2.57. The van der Waals surface area contributed by atoms with E-state index in [0.717, 1.165) is 32.7 Å². The van der Waals surface area contributed by atoms with Gasteiger partial charge in [-0.2, -0.15) is 0 Å². The fourth-order valence-corrected chi connectivity index (χ4v) is 2.69. The number of nitrogens with one attached hydrogen (secondary N) is 1. The van der Waals surface area contributed by atoms with Crippen LogP contribution in [0.15, 0.2) is 0 Å². The van der Waals surface area contributed by atoms with E-state index < -0.39 is 0 Å². The molecule has 0 radical (unpaired) electrons. The van der Waals surface area contributed by atoms with Gasteiger partial charge in [0.15, 0.2) is 0 Å². The van der Waals surface area contributed by atoms with Crippen molar-refractivity contribution in [3.05, 3.63) is 0 Å². The number of carbonyl (C=O) groups is 1. The van der Waals surface area contributed by atoms with Gasteiger partial charge >= 0.3 is 0 Å². The van der Waals surface area contributed by atoms with Crippen molar-refractivity contribution < 1.29 is 9.53 Å². The third-order valence-corrected chi connectivity index (χ3v) is 3.79. The second-order valence-electron chi connectivity index (χ2n) is 5.83. The van der Waals surface area contributed by atoms with E-state index in [1.807, 2.05) is 25.7 Å². The predicted molar refractivity (Wildman–Crippen MR) is 70.5 cm³/mol. The van der Waals surface area contributed by atoms with Crippen molar-refractivity contribution in [1.82, 2.24) is 15.1 Å². The summed E-state index contributed by atoms with van der Waals surface area (Å²) in [5, 5.41) is 3.31. The van der Waals surface area contributed by atoms with Crippen LogP contribution in [0, 0.1) is 0 Å². The number of hydrogen-bond donors (Lipinski definition) is 1. The van der Waals surface area contributed by atoms with Crippen LogP contribution >= 0.6 is 0 Å². The first-order chi connectivity index (χ1) is 8.49. The topological polar surface area (TPSA) is 44.8 Å². The number of amides is 1. The standard InChI is InChI=1S/C13H25N3O2/c1-11(15-6-4-14-5-7-15)12(17)16-8-9-18-13(2,3)10-16/h11,14H,4-10H2,1-3H3. The summed E-state index contributed by atoms with van der Waals surface area (Å²) in [6.45, 7) is 12.0. The smallest absolute Gasteiger partial charge is 0.239 e. The van der Waals surface area contributed by atoms with Crippen LogP contribution in [-0.4, -0.2) is 73.2 Å².